The number of carbonyl (C=O) groups excluding carboxylic acids is 1. The Morgan fingerprint density at radius 1 is 1.06 bits per heavy atom. The van der Waals surface area contributed by atoms with E-state index in [9.17, 15) is 4.79 Å². The number of amides is 2. The van der Waals surface area contributed by atoms with Gasteiger partial charge in [-0.3, -0.25) is 0 Å². The molecule has 1 N–H and O–H groups in total. The van der Waals surface area contributed by atoms with Gasteiger partial charge in [-0.2, -0.15) is 11.8 Å². The first kappa shape index (κ1) is 15.7. The number of nitrogens with one attached hydrogen (secondary N) is 1. The third-order valence-corrected chi connectivity index (χ3v) is 4.14. The van der Waals surface area contributed by atoms with Crippen molar-refractivity contribution in [3.8, 4) is 0 Å². The highest BCUT2D eigenvalue weighted by atomic mass is 32.2. The number of hydrogen-bond acceptors (Lipinski definition) is 2. The summed E-state index contributed by atoms with van der Waals surface area (Å²) in [7, 11) is 0. The van der Waals surface area contributed by atoms with Crippen LogP contribution in [0.4, 0.5) is 4.79 Å². The van der Waals surface area contributed by atoms with Crippen LogP contribution in [-0.2, 0) is 0 Å². The Kier molecular flexibility index (Phi) is 9.17. The van der Waals surface area contributed by atoms with Crippen LogP contribution in [0.1, 0.15) is 51.4 Å². The summed E-state index contributed by atoms with van der Waals surface area (Å²) >= 11 is 1.91. The number of urea groups is 1. The van der Waals surface area contributed by atoms with Gasteiger partial charge in [0.1, 0.15) is 0 Å². The predicted molar refractivity (Wildman–Crippen MR) is 80.3 cm³/mol. The minimum Gasteiger partial charge on any atom is -0.338 e. The van der Waals surface area contributed by atoms with E-state index in [0.29, 0.717) is 0 Å². The molecular formula is C14H28N2OS. The average Bonchev–Trinajstić information content (AvgIpc) is 2.66. The number of unbranched alkanes of at least 4 members (excludes halogenated alkanes) is 3. The maximum Gasteiger partial charge on any atom is 0.317 e. The van der Waals surface area contributed by atoms with Gasteiger partial charge in [-0.05, 0) is 37.7 Å². The number of rotatable bonds is 7. The van der Waals surface area contributed by atoms with E-state index < -0.39 is 0 Å². The van der Waals surface area contributed by atoms with E-state index in [-0.39, 0.29) is 6.03 Å². The zero-order valence-electron chi connectivity index (χ0n) is 11.7. The van der Waals surface area contributed by atoms with Crippen LogP contribution in [0.3, 0.4) is 0 Å². The fourth-order valence-electron chi connectivity index (χ4n) is 2.31. The Balaban J connectivity index is 1.98. The fraction of sp³-hybridized carbons (Fsp3) is 0.929. The Labute approximate surface area is 116 Å². The van der Waals surface area contributed by atoms with Crippen LogP contribution in [0.25, 0.3) is 0 Å². The molecule has 0 atom stereocenters. The first-order chi connectivity index (χ1) is 8.84. The molecule has 0 aromatic rings. The molecule has 18 heavy (non-hydrogen) atoms. The van der Waals surface area contributed by atoms with E-state index in [2.05, 4.69) is 11.6 Å². The molecule has 0 unspecified atom stereocenters. The number of nitrogens with zero attached hydrogens (tertiary/aromatic N) is 1. The van der Waals surface area contributed by atoms with E-state index in [1.807, 2.05) is 16.7 Å². The van der Waals surface area contributed by atoms with Crippen LogP contribution in [0.5, 0.6) is 0 Å². The van der Waals surface area contributed by atoms with Crippen LogP contribution in [0.2, 0.25) is 0 Å². The van der Waals surface area contributed by atoms with Gasteiger partial charge in [0, 0.05) is 19.6 Å². The van der Waals surface area contributed by atoms with Crippen molar-refractivity contribution in [3.63, 3.8) is 0 Å². The molecule has 0 bridgehead atoms. The van der Waals surface area contributed by atoms with Crippen molar-refractivity contribution in [2.24, 2.45) is 0 Å². The number of likely N-dealkylation sites (tertiary alicyclic amines) is 1. The molecule has 1 aliphatic rings. The highest BCUT2D eigenvalue weighted by Gasteiger charge is 2.14. The summed E-state index contributed by atoms with van der Waals surface area (Å²) in [6.07, 6.45) is 12.0. The molecule has 4 heteroatoms. The molecular weight excluding hydrogens is 244 g/mol. The molecule has 106 valence electrons. The summed E-state index contributed by atoms with van der Waals surface area (Å²) in [5.41, 5.74) is 0. The third kappa shape index (κ3) is 7.14. The van der Waals surface area contributed by atoms with Crippen molar-refractivity contribution in [2.45, 2.75) is 51.4 Å². The normalized spacial score (nSPS) is 16.4. The zero-order valence-corrected chi connectivity index (χ0v) is 12.6. The summed E-state index contributed by atoms with van der Waals surface area (Å²) in [4.78, 5) is 13.9. The first-order valence-electron chi connectivity index (χ1n) is 7.36. The van der Waals surface area contributed by atoms with Gasteiger partial charge in [0.25, 0.3) is 0 Å². The molecule has 3 nitrogen and oxygen atoms in total. The summed E-state index contributed by atoms with van der Waals surface area (Å²) in [6, 6.07) is 0.154. The molecule has 0 saturated carbocycles. The SMILES string of the molecule is CSCCCCCCNC(=O)N1CCCCCC1. The quantitative estimate of drug-likeness (QED) is 0.719. The second-order valence-corrected chi connectivity index (χ2v) is 6.03. The Hall–Kier alpha value is -0.380. The molecule has 2 amide bonds. The molecule has 0 aromatic carbocycles. The highest BCUT2D eigenvalue weighted by Crippen LogP contribution is 2.09. The summed E-state index contributed by atoms with van der Waals surface area (Å²) in [6.45, 7) is 2.73. The van der Waals surface area contributed by atoms with Crippen LogP contribution in [0, 0.1) is 0 Å². The lowest BCUT2D eigenvalue weighted by Crippen LogP contribution is -2.40. The number of carbonyl (C=O) groups is 1. The van der Waals surface area contributed by atoms with Crippen molar-refractivity contribution in [1.29, 1.82) is 0 Å². The Morgan fingerprint density at radius 3 is 2.39 bits per heavy atom. The Morgan fingerprint density at radius 2 is 1.72 bits per heavy atom. The number of thioether (sulfide) groups is 1. The second kappa shape index (κ2) is 10.5. The van der Waals surface area contributed by atoms with Gasteiger partial charge >= 0.3 is 6.03 Å². The zero-order chi connectivity index (χ0) is 13.1. The molecule has 1 heterocycles. The number of hydrogen-bond donors (Lipinski definition) is 1. The van der Waals surface area contributed by atoms with Crippen LogP contribution >= 0.6 is 11.8 Å². The molecule has 0 radical (unpaired) electrons. The molecule has 1 fully saturated rings. The van der Waals surface area contributed by atoms with Crippen molar-refractivity contribution in [3.05, 3.63) is 0 Å². The second-order valence-electron chi connectivity index (χ2n) is 5.04. The summed E-state index contributed by atoms with van der Waals surface area (Å²) < 4.78 is 0. The minimum absolute atomic E-state index is 0.154. The topological polar surface area (TPSA) is 32.3 Å². The minimum atomic E-state index is 0.154. The first-order valence-corrected chi connectivity index (χ1v) is 8.75. The van der Waals surface area contributed by atoms with Gasteiger partial charge in [0.05, 0.1) is 0 Å². The van der Waals surface area contributed by atoms with E-state index in [1.165, 1.54) is 50.7 Å². The van der Waals surface area contributed by atoms with Gasteiger partial charge in [0.2, 0.25) is 0 Å². The van der Waals surface area contributed by atoms with Crippen molar-refractivity contribution in [2.75, 3.05) is 31.6 Å². The Bertz CT molecular complexity index is 216. The highest BCUT2D eigenvalue weighted by molar-refractivity contribution is 7.98. The van der Waals surface area contributed by atoms with Crippen molar-refractivity contribution < 1.29 is 4.79 Å². The smallest absolute Gasteiger partial charge is 0.317 e. The van der Waals surface area contributed by atoms with E-state index in [4.69, 9.17) is 0 Å². The lowest BCUT2D eigenvalue weighted by atomic mass is 10.2. The molecule has 1 saturated heterocycles. The predicted octanol–water partition coefficient (Wildman–Crippen LogP) is 3.50. The summed E-state index contributed by atoms with van der Waals surface area (Å²) in [5.74, 6) is 1.26. The van der Waals surface area contributed by atoms with E-state index >= 15 is 0 Å². The van der Waals surface area contributed by atoms with Crippen LogP contribution in [-0.4, -0.2) is 42.6 Å². The molecule has 1 rings (SSSR count). The average molecular weight is 272 g/mol. The molecule has 0 aliphatic carbocycles. The van der Waals surface area contributed by atoms with E-state index in [1.54, 1.807) is 0 Å². The third-order valence-electron chi connectivity index (χ3n) is 3.44. The maximum atomic E-state index is 11.9. The standard InChI is InChI=1S/C14H28N2OS/c1-18-13-9-5-2-6-10-15-14(17)16-11-7-3-4-8-12-16/h2-13H2,1H3,(H,15,17). The summed E-state index contributed by atoms with van der Waals surface area (Å²) in [5, 5.41) is 3.05. The molecule has 0 spiro atoms. The molecule has 0 aromatic heterocycles. The maximum absolute atomic E-state index is 11.9. The van der Waals surface area contributed by atoms with Gasteiger partial charge in [-0.1, -0.05) is 25.7 Å². The van der Waals surface area contributed by atoms with Crippen LogP contribution < -0.4 is 5.32 Å². The van der Waals surface area contributed by atoms with Crippen molar-refractivity contribution >= 4 is 17.8 Å². The molecule has 1 aliphatic heterocycles. The largest absolute Gasteiger partial charge is 0.338 e. The van der Waals surface area contributed by atoms with Crippen LogP contribution in [0.15, 0.2) is 0 Å². The van der Waals surface area contributed by atoms with Gasteiger partial charge < -0.3 is 10.2 Å². The lowest BCUT2D eigenvalue weighted by molar-refractivity contribution is 0.199. The lowest BCUT2D eigenvalue weighted by Gasteiger charge is -2.20. The van der Waals surface area contributed by atoms with E-state index in [0.717, 1.165) is 26.1 Å². The van der Waals surface area contributed by atoms with Crippen molar-refractivity contribution in [1.82, 2.24) is 10.2 Å². The van der Waals surface area contributed by atoms with Gasteiger partial charge in [-0.15, -0.1) is 0 Å². The fourth-order valence-corrected chi connectivity index (χ4v) is 2.80. The van der Waals surface area contributed by atoms with Gasteiger partial charge in [-0.25, -0.2) is 4.79 Å². The van der Waals surface area contributed by atoms with Gasteiger partial charge in [0.15, 0.2) is 0 Å². The monoisotopic (exact) mass is 272 g/mol.